The maximum Gasteiger partial charge on any atom is 0.173 e. The molecule has 0 aliphatic heterocycles. The van der Waals surface area contributed by atoms with E-state index in [-0.39, 0.29) is 4.47 Å². The van der Waals surface area contributed by atoms with Gasteiger partial charge in [0.05, 0.1) is 10.1 Å². The molecule has 0 radical (unpaired) electrons. The van der Waals surface area contributed by atoms with E-state index >= 15 is 0 Å². The number of aliphatic hydroxyl groups is 1. The minimum Gasteiger partial charge on any atom is -0.390 e. The number of hydrogen-bond donors (Lipinski definition) is 1. The largest absolute Gasteiger partial charge is 0.390 e. The highest BCUT2D eigenvalue weighted by Crippen LogP contribution is 2.40. The summed E-state index contributed by atoms with van der Waals surface area (Å²) in [5, 5.41) is 9.63. The molecule has 0 amide bonds. The first kappa shape index (κ1) is 10.1. The van der Waals surface area contributed by atoms with Crippen LogP contribution in [0, 0.1) is 11.6 Å². The van der Waals surface area contributed by atoms with Crippen molar-refractivity contribution in [3.63, 3.8) is 0 Å². The Balaban J connectivity index is 2.30. The van der Waals surface area contributed by atoms with Crippen LogP contribution in [0.2, 0.25) is 0 Å². The summed E-state index contributed by atoms with van der Waals surface area (Å²) in [6, 6.07) is 2.58. The van der Waals surface area contributed by atoms with Gasteiger partial charge in [-0.15, -0.1) is 0 Å². The molecule has 0 saturated heterocycles. The van der Waals surface area contributed by atoms with Gasteiger partial charge in [-0.05, 0) is 40.4 Å². The third-order valence-electron chi connectivity index (χ3n) is 2.46. The van der Waals surface area contributed by atoms with Gasteiger partial charge in [0.25, 0.3) is 0 Å². The Kier molecular flexibility index (Phi) is 2.35. The first-order valence-corrected chi connectivity index (χ1v) is 5.16. The van der Waals surface area contributed by atoms with Crippen LogP contribution in [-0.2, 0) is 6.42 Å². The summed E-state index contributed by atoms with van der Waals surface area (Å²) in [4.78, 5) is 0. The Labute approximate surface area is 88.9 Å². The molecule has 1 nitrogen and oxygen atoms in total. The molecule has 14 heavy (non-hydrogen) atoms. The molecule has 1 aromatic rings. The summed E-state index contributed by atoms with van der Waals surface area (Å²) in [5.41, 5.74) is -0.0730. The Morgan fingerprint density at radius 2 is 2.00 bits per heavy atom. The monoisotopic (exact) mass is 262 g/mol. The van der Waals surface area contributed by atoms with Crippen molar-refractivity contribution >= 4 is 15.9 Å². The summed E-state index contributed by atoms with van der Waals surface area (Å²) in [6.45, 7) is 0. The highest BCUT2D eigenvalue weighted by Gasteiger charge is 2.40. The molecule has 0 atom stereocenters. The fraction of sp³-hybridized carbons (Fsp3) is 0.400. The maximum atomic E-state index is 13.1. The molecule has 1 N–H and O–H groups in total. The Bertz CT molecular complexity index is 375. The van der Waals surface area contributed by atoms with Gasteiger partial charge < -0.3 is 5.11 Å². The second-order valence-corrected chi connectivity index (χ2v) is 4.53. The van der Waals surface area contributed by atoms with Gasteiger partial charge in [-0.25, -0.2) is 8.78 Å². The van der Waals surface area contributed by atoms with Crippen molar-refractivity contribution < 1.29 is 13.9 Å². The Morgan fingerprint density at radius 1 is 1.36 bits per heavy atom. The summed E-state index contributed by atoms with van der Waals surface area (Å²) < 4.78 is 25.9. The second-order valence-electron chi connectivity index (χ2n) is 3.74. The number of benzene rings is 1. The SMILES string of the molecule is OC1(Cc2ccc(F)c(F)c2Br)CC1. The van der Waals surface area contributed by atoms with Crippen LogP contribution in [0.3, 0.4) is 0 Å². The summed E-state index contributed by atoms with van der Waals surface area (Å²) >= 11 is 2.99. The predicted octanol–water partition coefficient (Wildman–Crippen LogP) is 2.79. The molecule has 1 fully saturated rings. The highest BCUT2D eigenvalue weighted by atomic mass is 79.9. The lowest BCUT2D eigenvalue weighted by Crippen LogP contribution is -2.11. The van der Waals surface area contributed by atoms with Crippen molar-refractivity contribution in [3.8, 4) is 0 Å². The zero-order valence-corrected chi connectivity index (χ0v) is 8.94. The summed E-state index contributed by atoms with van der Waals surface area (Å²) in [7, 11) is 0. The topological polar surface area (TPSA) is 20.2 Å². The van der Waals surface area contributed by atoms with Gasteiger partial charge >= 0.3 is 0 Å². The molecule has 1 aliphatic carbocycles. The second kappa shape index (κ2) is 3.28. The lowest BCUT2D eigenvalue weighted by Gasteiger charge is -2.10. The minimum atomic E-state index is -0.883. The van der Waals surface area contributed by atoms with Crippen molar-refractivity contribution in [2.24, 2.45) is 0 Å². The molecule has 0 aromatic heterocycles. The average molecular weight is 263 g/mol. The molecule has 1 aromatic carbocycles. The van der Waals surface area contributed by atoms with Crippen LogP contribution in [0.15, 0.2) is 16.6 Å². The average Bonchev–Trinajstić information content (AvgIpc) is 2.86. The van der Waals surface area contributed by atoms with Gasteiger partial charge in [0.2, 0.25) is 0 Å². The van der Waals surface area contributed by atoms with E-state index in [4.69, 9.17) is 0 Å². The lowest BCUT2D eigenvalue weighted by molar-refractivity contribution is 0.150. The number of hydrogen-bond acceptors (Lipinski definition) is 1. The zero-order valence-electron chi connectivity index (χ0n) is 7.36. The first-order chi connectivity index (χ1) is 6.52. The van der Waals surface area contributed by atoms with Crippen molar-refractivity contribution in [3.05, 3.63) is 33.8 Å². The van der Waals surface area contributed by atoms with E-state index < -0.39 is 17.2 Å². The van der Waals surface area contributed by atoms with Crippen molar-refractivity contribution in [2.75, 3.05) is 0 Å². The Hall–Kier alpha value is -0.480. The zero-order chi connectivity index (χ0) is 10.3. The lowest BCUT2D eigenvalue weighted by atomic mass is 10.1. The van der Waals surface area contributed by atoms with Gasteiger partial charge in [0, 0.05) is 6.42 Å². The number of rotatable bonds is 2. The van der Waals surface area contributed by atoms with E-state index in [2.05, 4.69) is 15.9 Å². The minimum absolute atomic E-state index is 0.123. The van der Waals surface area contributed by atoms with Crippen LogP contribution >= 0.6 is 15.9 Å². The van der Waals surface area contributed by atoms with E-state index in [1.54, 1.807) is 0 Å². The highest BCUT2D eigenvalue weighted by molar-refractivity contribution is 9.10. The van der Waals surface area contributed by atoms with E-state index in [0.29, 0.717) is 12.0 Å². The van der Waals surface area contributed by atoms with Gasteiger partial charge in [-0.3, -0.25) is 0 Å². The van der Waals surface area contributed by atoms with E-state index in [9.17, 15) is 13.9 Å². The van der Waals surface area contributed by atoms with E-state index in [0.717, 1.165) is 18.9 Å². The molecule has 76 valence electrons. The van der Waals surface area contributed by atoms with Gasteiger partial charge in [0.1, 0.15) is 0 Å². The third kappa shape index (κ3) is 1.81. The van der Waals surface area contributed by atoms with Crippen LogP contribution in [-0.4, -0.2) is 10.7 Å². The molecular formula is C10H9BrF2O. The summed E-state index contributed by atoms with van der Waals surface area (Å²) in [6.07, 6.45) is 1.85. The quantitative estimate of drug-likeness (QED) is 0.813. The first-order valence-electron chi connectivity index (χ1n) is 4.37. The van der Waals surface area contributed by atoms with Gasteiger partial charge in [-0.2, -0.15) is 0 Å². The smallest absolute Gasteiger partial charge is 0.173 e. The Morgan fingerprint density at radius 3 is 2.57 bits per heavy atom. The molecule has 2 rings (SSSR count). The fourth-order valence-corrected chi connectivity index (χ4v) is 1.84. The molecular weight excluding hydrogens is 254 g/mol. The predicted molar refractivity (Wildman–Crippen MR) is 51.9 cm³/mol. The normalized spacial score (nSPS) is 18.3. The molecule has 0 heterocycles. The van der Waals surface area contributed by atoms with Crippen molar-refractivity contribution in [2.45, 2.75) is 24.9 Å². The maximum absolute atomic E-state index is 13.1. The molecule has 0 bridgehead atoms. The molecule has 0 spiro atoms. The molecule has 1 aliphatic rings. The fourth-order valence-electron chi connectivity index (χ4n) is 1.38. The molecule has 0 unspecified atom stereocenters. The molecule has 4 heteroatoms. The van der Waals surface area contributed by atoms with Crippen LogP contribution in [0.1, 0.15) is 18.4 Å². The standard InChI is InChI=1S/C10H9BrF2O/c11-8-6(5-10(14)3-4-10)1-2-7(12)9(8)13/h1-2,14H,3-5H2. The van der Waals surface area contributed by atoms with Crippen LogP contribution in [0.4, 0.5) is 8.78 Å². The van der Waals surface area contributed by atoms with Gasteiger partial charge in [0.15, 0.2) is 11.6 Å². The van der Waals surface area contributed by atoms with E-state index in [1.807, 2.05) is 0 Å². The van der Waals surface area contributed by atoms with E-state index in [1.165, 1.54) is 6.07 Å². The molecule has 1 saturated carbocycles. The van der Waals surface area contributed by atoms with Crippen molar-refractivity contribution in [1.29, 1.82) is 0 Å². The van der Waals surface area contributed by atoms with Gasteiger partial charge in [-0.1, -0.05) is 6.07 Å². The summed E-state index contributed by atoms with van der Waals surface area (Å²) in [5.74, 6) is -1.75. The third-order valence-corrected chi connectivity index (χ3v) is 3.32. The number of halogens is 3. The van der Waals surface area contributed by atoms with Crippen LogP contribution in [0.25, 0.3) is 0 Å². The van der Waals surface area contributed by atoms with Crippen LogP contribution < -0.4 is 0 Å². The van der Waals surface area contributed by atoms with Crippen molar-refractivity contribution in [1.82, 2.24) is 0 Å². The van der Waals surface area contributed by atoms with Crippen LogP contribution in [0.5, 0.6) is 0 Å².